The first-order chi connectivity index (χ1) is 19.5. The first kappa shape index (κ1) is 34.1. The van der Waals surface area contributed by atoms with E-state index in [1.54, 1.807) is 7.11 Å². The molecular formula is C33H54N3O5Si. The van der Waals surface area contributed by atoms with Crippen LogP contribution in [0.4, 0.5) is 4.79 Å². The summed E-state index contributed by atoms with van der Waals surface area (Å²) in [6.07, 6.45) is 2.63. The van der Waals surface area contributed by atoms with Crippen molar-refractivity contribution in [1.29, 1.82) is 0 Å². The average Bonchev–Trinajstić information content (AvgIpc) is 3.47. The van der Waals surface area contributed by atoms with E-state index in [0.29, 0.717) is 31.8 Å². The summed E-state index contributed by atoms with van der Waals surface area (Å²) in [5.41, 5.74) is 1.03. The Morgan fingerprint density at radius 1 is 1.07 bits per heavy atom. The van der Waals surface area contributed by atoms with E-state index in [1.165, 1.54) is 0 Å². The number of ether oxygens (including phenoxy) is 2. The van der Waals surface area contributed by atoms with Crippen molar-refractivity contribution in [3.05, 3.63) is 36.0 Å². The van der Waals surface area contributed by atoms with Gasteiger partial charge in [-0.2, -0.15) is 0 Å². The van der Waals surface area contributed by atoms with Gasteiger partial charge in [0.15, 0.2) is 0 Å². The van der Waals surface area contributed by atoms with E-state index in [2.05, 4.69) is 64.5 Å². The van der Waals surface area contributed by atoms with Crippen LogP contribution >= 0.6 is 0 Å². The van der Waals surface area contributed by atoms with Gasteiger partial charge in [-0.3, -0.25) is 4.79 Å². The van der Waals surface area contributed by atoms with Gasteiger partial charge in [0.05, 0.1) is 6.10 Å². The van der Waals surface area contributed by atoms with Gasteiger partial charge in [0.1, 0.15) is 5.60 Å². The topological polar surface area (TPSA) is 73.2 Å². The van der Waals surface area contributed by atoms with Crippen LogP contribution in [0.5, 0.6) is 0 Å². The second-order valence-electron chi connectivity index (χ2n) is 14.3. The van der Waals surface area contributed by atoms with Crippen molar-refractivity contribution >= 4 is 31.9 Å². The lowest BCUT2D eigenvalue weighted by Crippen LogP contribution is -2.47. The molecule has 0 spiro atoms. The van der Waals surface area contributed by atoms with Crippen LogP contribution < -0.4 is 0 Å². The quantitative estimate of drug-likeness (QED) is 0.212. The lowest BCUT2D eigenvalue weighted by molar-refractivity contribution is 0.00989. The largest absolute Gasteiger partial charge is 0.444 e. The number of nitrogens with zero attached hydrogens (tertiary/aromatic N) is 3. The van der Waals surface area contributed by atoms with Crippen LogP contribution in [0.1, 0.15) is 72.2 Å². The summed E-state index contributed by atoms with van der Waals surface area (Å²) < 4.78 is 19.8. The standard InChI is InChI=1S/C33H54N3O5Si/c1-23(2)36(30(37)25-14-13-24-15-17-34(28(24)19-25)16-12-18-39-9)21-26-20-35(31(38)40-33(6,7)8)22-27(26)29(32(3,4)5)41-42(10)11/h13-15,17,19,23,26-27,29H,12,16,18,20-22H2,1-11H3/t26-,27+,29?/m0/s1. The van der Waals surface area contributed by atoms with Gasteiger partial charge in [-0.1, -0.05) is 26.8 Å². The van der Waals surface area contributed by atoms with Crippen molar-refractivity contribution in [2.45, 2.75) is 99.2 Å². The third kappa shape index (κ3) is 8.83. The molecule has 42 heavy (non-hydrogen) atoms. The number of carbonyl (C=O) groups is 2. The van der Waals surface area contributed by atoms with E-state index < -0.39 is 14.6 Å². The van der Waals surface area contributed by atoms with Crippen molar-refractivity contribution < 1.29 is 23.5 Å². The molecule has 1 aliphatic heterocycles. The zero-order valence-electron chi connectivity index (χ0n) is 27.8. The Labute approximate surface area is 255 Å². The number of rotatable bonds is 11. The number of hydrogen-bond acceptors (Lipinski definition) is 5. The number of amides is 2. The van der Waals surface area contributed by atoms with Gasteiger partial charge >= 0.3 is 6.09 Å². The van der Waals surface area contributed by atoms with Gasteiger partial charge in [0, 0.05) is 75.1 Å². The Morgan fingerprint density at radius 2 is 1.76 bits per heavy atom. The smallest absolute Gasteiger partial charge is 0.410 e. The second kappa shape index (κ2) is 13.9. The first-order valence-corrected chi connectivity index (χ1v) is 17.8. The normalized spacial score (nSPS) is 18.7. The molecule has 0 bridgehead atoms. The average molecular weight is 601 g/mol. The number of aryl methyl sites for hydroxylation is 1. The van der Waals surface area contributed by atoms with E-state index in [-0.39, 0.29) is 41.4 Å². The Kier molecular flexibility index (Phi) is 11.3. The SMILES string of the molecule is COCCCn1ccc2ccc(C(=O)N(C[C@@H]3CN(C(=O)OC(C)(C)C)C[C@H]3C(O[Si](C)C)C(C)(C)C)C(C)C)cc21. The molecule has 0 N–H and O–H groups in total. The molecule has 1 radical (unpaired) electrons. The second-order valence-corrected chi connectivity index (χ2v) is 16.4. The van der Waals surface area contributed by atoms with Crippen molar-refractivity contribution in [3.8, 4) is 0 Å². The predicted molar refractivity (Wildman–Crippen MR) is 171 cm³/mol. The number of fused-ring (bicyclic) bond motifs is 1. The molecule has 1 aromatic carbocycles. The summed E-state index contributed by atoms with van der Waals surface area (Å²) in [5, 5.41) is 1.12. The maximum absolute atomic E-state index is 14.1. The Balaban J connectivity index is 1.92. The summed E-state index contributed by atoms with van der Waals surface area (Å²) >= 11 is 0. The van der Waals surface area contributed by atoms with Gasteiger partial charge < -0.3 is 28.3 Å². The van der Waals surface area contributed by atoms with Crippen LogP contribution in [-0.2, 0) is 20.4 Å². The number of hydrogen-bond donors (Lipinski definition) is 0. The number of likely N-dealkylation sites (tertiary alicyclic amines) is 1. The van der Waals surface area contributed by atoms with Crippen LogP contribution in [0.15, 0.2) is 30.5 Å². The highest BCUT2D eigenvalue weighted by Crippen LogP contribution is 2.38. The third-order valence-electron chi connectivity index (χ3n) is 7.83. The fraction of sp³-hybridized carbons (Fsp3) is 0.697. The minimum Gasteiger partial charge on any atom is -0.444 e. The molecule has 3 atom stereocenters. The van der Waals surface area contributed by atoms with E-state index in [4.69, 9.17) is 13.9 Å². The first-order valence-electron chi connectivity index (χ1n) is 15.4. The highest BCUT2D eigenvalue weighted by atomic mass is 28.3. The van der Waals surface area contributed by atoms with Crippen LogP contribution in [0, 0.1) is 17.3 Å². The lowest BCUT2D eigenvalue weighted by atomic mass is 9.77. The molecule has 2 amide bonds. The Morgan fingerprint density at radius 3 is 2.33 bits per heavy atom. The summed E-state index contributed by atoms with van der Waals surface area (Å²) in [6, 6.07) is 8.07. The van der Waals surface area contributed by atoms with E-state index in [0.717, 1.165) is 23.9 Å². The molecule has 3 rings (SSSR count). The number of benzene rings is 1. The molecule has 235 valence electrons. The monoisotopic (exact) mass is 600 g/mol. The van der Waals surface area contributed by atoms with Crippen molar-refractivity contribution in [2.75, 3.05) is 33.4 Å². The van der Waals surface area contributed by atoms with Crippen molar-refractivity contribution in [2.24, 2.45) is 17.3 Å². The third-order valence-corrected chi connectivity index (χ3v) is 8.56. The molecule has 0 saturated carbocycles. The fourth-order valence-electron chi connectivity index (χ4n) is 5.91. The summed E-state index contributed by atoms with van der Waals surface area (Å²) in [7, 11) is 0.718. The highest BCUT2D eigenvalue weighted by Gasteiger charge is 2.46. The maximum Gasteiger partial charge on any atom is 0.410 e. The zero-order chi connectivity index (χ0) is 31.4. The van der Waals surface area contributed by atoms with E-state index >= 15 is 0 Å². The van der Waals surface area contributed by atoms with Gasteiger partial charge in [0.2, 0.25) is 9.04 Å². The Bertz CT molecular complexity index is 1200. The number of methoxy groups -OCH3 is 1. The summed E-state index contributed by atoms with van der Waals surface area (Å²) in [5.74, 6) is 0.137. The predicted octanol–water partition coefficient (Wildman–Crippen LogP) is 6.69. The van der Waals surface area contributed by atoms with Gasteiger partial charge in [-0.05, 0) is 83.1 Å². The van der Waals surface area contributed by atoms with Crippen molar-refractivity contribution in [1.82, 2.24) is 14.4 Å². The molecule has 1 fully saturated rings. The van der Waals surface area contributed by atoms with Crippen LogP contribution in [-0.4, -0.2) is 86.5 Å². The number of carbonyl (C=O) groups excluding carboxylic acids is 2. The molecule has 9 heteroatoms. The van der Waals surface area contributed by atoms with E-state index in [9.17, 15) is 9.59 Å². The molecule has 1 unspecified atom stereocenters. The highest BCUT2D eigenvalue weighted by molar-refractivity contribution is 6.48. The van der Waals surface area contributed by atoms with Crippen molar-refractivity contribution in [3.63, 3.8) is 0 Å². The molecular weight excluding hydrogens is 546 g/mol. The molecule has 8 nitrogen and oxygen atoms in total. The molecule has 1 saturated heterocycles. The van der Waals surface area contributed by atoms with Gasteiger partial charge in [-0.15, -0.1) is 0 Å². The minimum absolute atomic E-state index is 0.00923. The molecule has 2 aromatic rings. The summed E-state index contributed by atoms with van der Waals surface area (Å²) in [6.45, 7) is 23.9. The summed E-state index contributed by atoms with van der Waals surface area (Å²) in [4.78, 5) is 31.1. The van der Waals surface area contributed by atoms with Crippen LogP contribution in [0.3, 0.4) is 0 Å². The number of aromatic nitrogens is 1. The van der Waals surface area contributed by atoms with Gasteiger partial charge in [-0.25, -0.2) is 4.79 Å². The minimum atomic E-state index is -0.997. The van der Waals surface area contributed by atoms with Crippen LogP contribution in [0.25, 0.3) is 10.9 Å². The van der Waals surface area contributed by atoms with Gasteiger partial charge in [0.25, 0.3) is 5.91 Å². The van der Waals surface area contributed by atoms with E-state index in [1.807, 2.05) is 48.8 Å². The molecule has 2 heterocycles. The molecule has 0 aliphatic carbocycles. The fourth-order valence-corrected chi connectivity index (χ4v) is 6.94. The molecule has 1 aromatic heterocycles. The van der Waals surface area contributed by atoms with Crippen LogP contribution in [0.2, 0.25) is 13.1 Å². The maximum atomic E-state index is 14.1. The molecule has 1 aliphatic rings. The lowest BCUT2D eigenvalue weighted by Gasteiger charge is -2.40. The Hall–Kier alpha value is -2.36. The zero-order valence-corrected chi connectivity index (χ0v) is 28.8.